The molecule has 5 atom stereocenters. The molecule has 2 fully saturated rings. The first-order valence-corrected chi connectivity index (χ1v) is 22.2. The molecule has 2 saturated heterocycles. The van der Waals surface area contributed by atoms with Crippen molar-refractivity contribution >= 4 is 41.3 Å². The smallest absolute Gasteiger partial charge is 0.308 e. The number of aryl methyl sites for hydroxylation is 1. The number of esters is 1. The Hall–Kier alpha value is -5.63. The summed E-state index contributed by atoms with van der Waals surface area (Å²) in [6, 6.07) is 13.9. The molecular formula is C48H66N6O10. The fourth-order valence-electron chi connectivity index (χ4n) is 7.33. The third-order valence-corrected chi connectivity index (χ3v) is 11.0. The van der Waals surface area contributed by atoms with Gasteiger partial charge in [-0.3, -0.25) is 43.4 Å². The molecule has 0 radical (unpaired) electrons. The normalized spacial score (nSPS) is 17.8. The molecule has 0 saturated carbocycles. The van der Waals surface area contributed by atoms with Gasteiger partial charge in [0.05, 0.1) is 45.4 Å². The first-order valence-electron chi connectivity index (χ1n) is 22.2. The number of hydrogen-bond acceptors (Lipinski definition) is 11. The SMILES string of the molecule is C#CCNC(=O)CCC(=O)OCN(C(=O)C(CCc1ccccc1)NC(=O)CN1CCOCC1)C(CC(C)C)C(=O)NC(Cc1ccccc1)C(=O)NC(CC(C)C)C(=O)C1(C)CO1. The Labute approximate surface area is 377 Å². The second-order valence-corrected chi connectivity index (χ2v) is 17.4. The van der Waals surface area contributed by atoms with Gasteiger partial charge in [0.15, 0.2) is 12.5 Å². The van der Waals surface area contributed by atoms with Crippen LogP contribution in [0.1, 0.15) is 77.8 Å². The number of terminal acetylenes is 1. The van der Waals surface area contributed by atoms with Gasteiger partial charge in [0.2, 0.25) is 29.5 Å². The number of hydrogen-bond donors (Lipinski definition) is 4. The average Bonchev–Trinajstić information content (AvgIpc) is 4.03. The molecule has 2 heterocycles. The molecule has 0 spiro atoms. The maximum Gasteiger partial charge on any atom is 0.308 e. The lowest BCUT2D eigenvalue weighted by atomic mass is 9.93. The largest absolute Gasteiger partial charge is 0.444 e. The molecular weight excluding hydrogens is 821 g/mol. The number of ether oxygens (including phenoxy) is 3. The Kier molecular flexibility index (Phi) is 20.4. The number of ketones is 1. The van der Waals surface area contributed by atoms with Crippen LogP contribution >= 0.6 is 0 Å². The zero-order valence-corrected chi connectivity index (χ0v) is 37.9. The van der Waals surface area contributed by atoms with Gasteiger partial charge in [-0.05, 0) is 55.6 Å². The summed E-state index contributed by atoms with van der Waals surface area (Å²) in [6.45, 7) is 10.8. The second-order valence-electron chi connectivity index (χ2n) is 17.4. The second kappa shape index (κ2) is 25.6. The molecule has 16 heteroatoms. The van der Waals surface area contributed by atoms with Gasteiger partial charge < -0.3 is 35.5 Å². The van der Waals surface area contributed by atoms with Crippen LogP contribution in [0, 0.1) is 24.2 Å². The number of nitrogens with one attached hydrogen (secondary N) is 4. The first kappa shape index (κ1) is 51.0. The Morgan fingerprint density at radius 3 is 2.00 bits per heavy atom. The quantitative estimate of drug-likeness (QED) is 0.0467. The van der Waals surface area contributed by atoms with E-state index >= 15 is 4.79 Å². The zero-order valence-electron chi connectivity index (χ0n) is 37.9. The standard InChI is InChI=1S/C48H66N6O10/c1-7-22-49-41(55)20-21-43(57)63-32-54(47(61)37(19-18-35-14-10-8-11-15-35)50-42(56)30-53-23-25-62-26-24-53)40(28-34(4)5)46(60)52-39(29-36-16-12-9-13-17-36)45(59)51-38(27-33(2)3)44(58)48(6)31-64-48/h1,8-17,33-34,37-40H,18-32H2,2-6H3,(H,49,55)(H,50,56)(H,51,59)(H,52,60). The van der Waals surface area contributed by atoms with Crippen LogP contribution in [0.5, 0.6) is 0 Å². The van der Waals surface area contributed by atoms with Gasteiger partial charge in [-0.2, -0.15) is 0 Å². The van der Waals surface area contributed by atoms with E-state index in [1.807, 2.05) is 81.1 Å². The molecule has 0 aromatic heterocycles. The minimum atomic E-state index is -1.31. The first-order chi connectivity index (χ1) is 30.6. The summed E-state index contributed by atoms with van der Waals surface area (Å²) in [5, 5.41) is 11.2. The summed E-state index contributed by atoms with van der Waals surface area (Å²) < 4.78 is 16.5. The molecule has 5 unspecified atom stereocenters. The van der Waals surface area contributed by atoms with Gasteiger partial charge >= 0.3 is 5.97 Å². The van der Waals surface area contributed by atoms with Crippen molar-refractivity contribution in [1.82, 2.24) is 31.1 Å². The van der Waals surface area contributed by atoms with Crippen LogP contribution in [-0.2, 0) is 60.6 Å². The number of carbonyl (C=O) groups is 7. The van der Waals surface area contributed by atoms with Crippen molar-refractivity contribution in [3.63, 3.8) is 0 Å². The number of nitrogens with zero attached hydrogens (tertiary/aromatic N) is 2. The highest BCUT2D eigenvalue weighted by molar-refractivity contribution is 5.99. The zero-order chi connectivity index (χ0) is 46.6. The highest BCUT2D eigenvalue weighted by Gasteiger charge is 2.50. The van der Waals surface area contributed by atoms with E-state index in [-0.39, 0.29) is 69.4 Å². The van der Waals surface area contributed by atoms with E-state index in [1.165, 1.54) is 0 Å². The van der Waals surface area contributed by atoms with E-state index in [0.717, 1.165) is 16.0 Å². The van der Waals surface area contributed by atoms with E-state index in [9.17, 15) is 28.8 Å². The van der Waals surface area contributed by atoms with E-state index in [1.54, 1.807) is 19.1 Å². The molecule has 4 N–H and O–H groups in total. The fourth-order valence-corrected chi connectivity index (χ4v) is 7.33. The molecule has 2 aromatic carbocycles. The van der Waals surface area contributed by atoms with Crippen molar-refractivity contribution in [2.75, 3.05) is 52.7 Å². The number of amides is 5. The maximum atomic E-state index is 15.0. The predicted molar refractivity (Wildman–Crippen MR) is 239 cm³/mol. The van der Waals surface area contributed by atoms with Crippen molar-refractivity contribution in [2.24, 2.45) is 11.8 Å². The Balaban J connectivity index is 1.69. The molecule has 4 rings (SSSR count). The van der Waals surface area contributed by atoms with Crippen LogP contribution in [0.3, 0.4) is 0 Å². The number of carbonyl (C=O) groups excluding carboxylic acids is 7. The monoisotopic (exact) mass is 886 g/mol. The fraction of sp³-hybridized carbons (Fsp3) is 0.562. The highest BCUT2D eigenvalue weighted by Crippen LogP contribution is 2.30. The van der Waals surface area contributed by atoms with E-state index in [4.69, 9.17) is 20.6 Å². The molecule has 348 valence electrons. The summed E-state index contributed by atoms with van der Waals surface area (Å²) in [5.41, 5.74) is 0.627. The van der Waals surface area contributed by atoms with Crippen LogP contribution in [0.25, 0.3) is 0 Å². The van der Waals surface area contributed by atoms with E-state index in [0.29, 0.717) is 39.1 Å². The van der Waals surface area contributed by atoms with Gasteiger partial charge in [0, 0.05) is 25.9 Å². The van der Waals surface area contributed by atoms with E-state index < -0.39 is 72.0 Å². The third kappa shape index (κ3) is 17.2. The van der Waals surface area contributed by atoms with Crippen LogP contribution in [-0.4, -0.2) is 134 Å². The number of epoxide rings is 1. The molecule has 2 aromatic rings. The lowest BCUT2D eigenvalue weighted by Crippen LogP contribution is -2.60. The Morgan fingerprint density at radius 2 is 1.41 bits per heavy atom. The minimum Gasteiger partial charge on any atom is -0.444 e. The Morgan fingerprint density at radius 1 is 0.797 bits per heavy atom. The number of Topliss-reactive ketones (excluding diaryl/α,β-unsaturated/α-hetero) is 1. The summed E-state index contributed by atoms with van der Waals surface area (Å²) in [6.07, 6.45) is 5.65. The van der Waals surface area contributed by atoms with Gasteiger partial charge in [0.25, 0.3) is 0 Å². The van der Waals surface area contributed by atoms with Crippen molar-refractivity contribution in [2.45, 2.75) is 109 Å². The van der Waals surface area contributed by atoms with E-state index in [2.05, 4.69) is 27.2 Å². The lowest BCUT2D eigenvalue weighted by Gasteiger charge is -2.35. The van der Waals surface area contributed by atoms with Crippen LogP contribution in [0.4, 0.5) is 0 Å². The average molecular weight is 887 g/mol. The molecule has 5 amide bonds. The molecule has 0 aliphatic carbocycles. The molecule has 16 nitrogen and oxygen atoms in total. The molecule has 2 aliphatic rings. The van der Waals surface area contributed by atoms with Crippen molar-refractivity contribution in [3.05, 3.63) is 71.8 Å². The minimum absolute atomic E-state index is 0.00692. The van der Waals surface area contributed by atoms with Gasteiger partial charge in [-0.25, -0.2) is 0 Å². The summed E-state index contributed by atoms with van der Waals surface area (Å²) in [7, 11) is 0. The topological polar surface area (TPSA) is 205 Å². The van der Waals surface area contributed by atoms with Crippen molar-refractivity contribution < 1.29 is 47.8 Å². The lowest BCUT2D eigenvalue weighted by molar-refractivity contribution is -0.161. The molecule has 2 aliphatic heterocycles. The number of morpholine rings is 1. The third-order valence-electron chi connectivity index (χ3n) is 11.0. The number of benzene rings is 2. The van der Waals surface area contributed by atoms with Crippen LogP contribution < -0.4 is 21.3 Å². The van der Waals surface area contributed by atoms with Gasteiger partial charge in [-0.1, -0.05) is 94.3 Å². The summed E-state index contributed by atoms with van der Waals surface area (Å²) >= 11 is 0. The predicted octanol–water partition coefficient (Wildman–Crippen LogP) is 2.33. The van der Waals surface area contributed by atoms with Gasteiger partial charge in [-0.15, -0.1) is 6.42 Å². The van der Waals surface area contributed by atoms with Crippen LogP contribution in [0.15, 0.2) is 60.7 Å². The maximum absolute atomic E-state index is 15.0. The summed E-state index contributed by atoms with van der Waals surface area (Å²) in [4.78, 5) is 99.9. The summed E-state index contributed by atoms with van der Waals surface area (Å²) in [5.74, 6) is -1.83. The van der Waals surface area contributed by atoms with Crippen molar-refractivity contribution in [1.29, 1.82) is 0 Å². The van der Waals surface area contributed by atoms with Gasteiger partial charge in [0.1, 0.15) is 23.7 Å². The highest BCUT2D eigenvalue weighted by atomic mass is 16.6. The number of rotatable bonds is 26. The Bertz CT molecular complexity index is 1910. The van der Waals surface area contributed by atoms with Crippen molar-refractivity contribution in [3.8, 4) is 12.3 Å². The van der Waals surface area contributed by atoms with Crippen LogP contribution in [0.2, 0.25) is 0 Å². The molecule has 0 bridgehead atoms. The molecule has 64 heavy (non-hydrogen) atoms.